The summed E-state index contributed by atoms with van der Waals surface area (Å²) in [7, 11) is 1.96. The fourth-order valence-corrected chi connectivity index (χ4v) is 2.71. The lowest BCUT2D eigenvalue weighted by molar-refractivity contribution is 0.580. The molecular formula is C18H17N5O. The van der Waals surface area contributed by atoms with E-state index in [0.29, 0.717) is 5.78 Å². The molecule has 0 amide bonds. The molecule has 4 heterocycles. The van der Waals surface area contributed by atoms with Crippen molar-refractivity contribution in [2.24, 2.45) is 7.05 Å². The zero-order valence-electron chi connectivity index (χ0n) is 13.8. The topological polar surface area (TPSA) is 61.2 Å². The Kier molecular flexibility index (Phi) is 3.30. The first-order valence-corrected chi connectivity index (χ1v) is 7.69. The average molecular weight is 319 g/mol. The van der Waals surface area contributed by atoms with Crippen molar-refractivity contribution in [3.05, 3.63) is 59.8 Å². The third kappa shape index (κ3) is 2.52. The van der Waals surface area contributed by atoms with Gasteiger partial charge in [0.05, 0.1) is 12.0 Å². The Bertz CT molecular complexity index is 1040. The Labute approximate surface area is 139 Å². The molecule has 120 valence electrons. The number of nitrogens with zero attached hydrogens (tertiary/aromatic N) is 5. The van der Waals surface area contributed by atoms with Crippen molar-refractivity contribution in [3.8, 4) is 11.5 Å². The largest absolute Gasteiger partial charge is 0.463 e. The number of furan rings is 1. The van der Waals surface area contributed by atoms with Gasteiger partial charge in [0, 0.05) is 30.8 Å². The van der Waals surface area contributed by atoms with E-state index in [1.54, 1.807) is 6.26 Å². The predicted octanol–water partition coefficient (Wildman–Crippen LogP) is 3.51. The van der Waals surface area contributed by atoms with Gasteiger partial charge in [-0.25, -0.2) is 15.0 Å². The molecule has 0 unspecified atom stereocenters. The number of hydrogen-bond donors (Lipinski definition) is 0. The van der Waals surface area contributed by atoms with Crippen molar-refractivity contribution in [1.82, 2.24) is 23.9 Å². The molecule has 0 fully saturated rings. The molecule has 0 aromatic carbocycles. The first-order chi connectivity index (χ1) is 11.6. The fraction of sp³-hybridized carbons (Fsp3) is 0.167. The second-order valence-electron chi connectivity index (χ2n) is 5.78. The van der Waals surface area contributed by atoms with E-state index in [-0.39, 0.29) is 0 Å². The van der Waals surface area contributed by atoms with Gasteiger partial charge in [-0.2, -0.15) is 0 Å². The Hall–Kier alpha value is -3.15. The molecule has 0 atom stereocenters. The normalized spacial score (nSPS) is 11.8. The van der Waals surface area contributed by atoms with E-state index >= 15 is 0 Å². The Balaban J connectivity index is 1.67. The minimum atomic E-state index is 0.711. The van der Waals surface area contributed by atoms with Crippen molar-refractivity contribution in [3.63, 3.8) is 0 Å². The van der Waals surface area contributed by atoms with Crippen LogP contribution in [0.25, 0.3) is 29.4 Å². The highest BCUT2D eigenvalue weighted by molar-refractivity contribution is 5.67. The minimum Gasteiger partial charge on any atom is -0.463 e. The van der Waals surface area contributed by atoms with Crippen LogP contribution in [0.15, 0.2) is 41.3 Å². The maximum Gasteiger partial charge on any atom is 0.234 e. The number of aryl methyl sites for hydroxylation is 3. The van der Waals surface area contributed by atoms with Gasteiger partial charge in [0.25, 0.3) is 0 Å². The van der Waals surface area contributed by atoms with Crippen molar-refractivity contribution < 1.29 is 4.42 Å². The van der Waals surface area contributed by atoms with Crippen LogP contribution in [0.3, 0.4) is 0 Å². The molecule has 0 saturated carbocycles. The summed E-state index contributed by atoms with van der Waals surface area (Å²) in [5, 5.41) is 0. The number of aromatic nitrogens is 5. The molecule has 0 aliphatic carbocycles. The van der Waals surface area contributed by atoms with Crippen LogP contribution in [-0.4, -0.2) is 23.9 Å². The van der Waals surface area contributed by atoms with Gasteiger partial charge in [-0.1, -0.05) is 0 Å². The van der Waals surface area contributed by atoms with Gasteiger partial charge >= 0.3 is 0 Å². The van der Waals surface area contributed by atoms with Crippen LogP contribution < -0.4 is 0 Å². The molecule has 4 aromatic heterocycles. The van der Waals surface area contributed by atoms with Crippen molar-refractivity contribution in [2.45, 2.75) is 13.8 Å². The third-order valence-corrected chi connectivity index (χ3v) is 3.87. The minimum absolute atomic E-state index is 0.711. The van der Waals surface area contributed by atoms with E-state index in [1.165, 1.54) is 0 Å². The van der Waals surface area contributed by atoms with Gasteiger partial charge in [0.2, 0.25) is 5.78 Å². The lowest BCUT2D eigenvalue weighted by Gasteiger charge is -1.98. The summed E-state index contributed by atoms with van der Waals surface area (Å²) in [6, 6.07) is 5.79. The summed E-state index contributed by atoms with van der Waals surface area (Å²) >= 11 is 0. The summed E-state index contributed by atoms with van der Waals surface area (Å²) < 4.78 is 9.33. The van der Waals surface area contributed by atoms with Crippen LogP contribution in [0.4, 0.5) is 0 Å². The quantitative estimate of drug-likeness (QED) is 0.580. The van der Waals surface area contributed by atoms with E-state index in [4.69, 9.17) is 4.42 Å². The number of imidazole rings is 2. The van der Waals surface area contributed by atoms with Crippen LogP contribution in [0, 0.1) is 13.8 Å². The third-order valence-electron chi connectivity index (χ3n) is 3.87. The van der Waals surface area contributed by atoms with Gasteiger partial charge < -0.3 is 8.98 Å². The van der Waals surface area contributed by atoms with E-state index in [1.807, 2.05) is 72.6 Å². The van der Waals surface area contributed by atoms with E-state index in [9.17, 15) is 0 Å². The fourth-order valence-electron chi connectivity index (χ4n) is 2.71. The summed E-state index contributed by atoms with van der Waals surface area (Å²) in [6.45, 7) is 4.02. The van der Waals surface area contributed by atoms with Crippen molar-refractivity contribution in [1.29, 1.82) is 0 Å². The lowest BCUT2D eigenvalue weighted by Crippen LogP contribution is -1.94. The molecule has 4 rings (SSSR count). The summed E-state index contributed by atoms with van der Waals surface area (Å²) in [5.74, 6) is 2.30. The molecular weight excluding hydrogens is 302 g/mol. The van der Waals surface area contributed by atoms with Crippen LogP contribution in [0.5, 0.6) is 0 Å². The van der Waals surface area contributed by atoms with Crippen LogP contribution >= 0.6 is 0 Å². The first kappa shape index (κ1) is 14.4. The zero-order chi connectivity index (χ0) is 16.7. The molecule has 0 saturated heterocycles. The predicted molar refractivity (Wildman–Crippen MR) is 92.3 cm³/mol. The molecule has 24 heavy (non-hydrogen) atoms. The van der Waals surface area contributed by atoms with Gasteiger partial charge in [-0.3, -0.25) is 4.40 Å². The Morgan fingerprint density at radius 2 is 1.96 bits per heavy atom. The Morgan fingerprint density at radius 3 is 2.75 bits per heavy atom. The molecule has 0 radical (unpaired) electrons. The molecule has 0 spiro atoms. The summed E-state index contributed by atoms with van der Waals surface area (Å²) in [5.41, 5.74) is 3.74. The average Bonchev–Trinajstić information content (AvgIpc) is 3.24. The second-order valence-corrected chi connectivity index (χ2v) is 5.78. The molecule has 0 N–H and O–H groups in total. The zero-order valence-corrected chi connectivity index (χ0v) is 13.8. The number of fused-ring (bicyclic) bond motifs is 1. The van der Waals surface area contributed by atoms with E-state index < -0.39 is 0 Å². The molecule has 0 aliphatic heterocycles. The number of rotatable bonds is 3. The maximum atomic E-state index is 5.39. The van der Waals surface area contributed by atoms with Crippen molar-refractivity contribution in [2.75, 3.05) is 0 Å². The standard InChI is InChI=1S/C18H17N5O/c1-12-9-13(2)23-10-14(20-18(23)19-12)6-7-17-21-15(11-22(17)3)16-5-4-8-24-16/h4-11H,1-3H3/b7-6+. The smallest absolute Gasteiger partial charge is 0.234 e. The summed E-state index contributed by atoms with van der Waals surface area (Å²) in [4.78, 5) is 13.6. The van der Waals surface area contributed by atoms with Gasteiger partial charge in [0.15, 0.2) is 5.76 Å². The van der Waals surface area contributed by atoms with Crippen LogP contribution in [-0.2, 0) is 7.05 Å². The van der Waals surface area contributed by atoms with Gasteiger partial charge in [-0.15, -0.1) is 0 Å². The van der Waals surface area contributed by atoms with Gasteiger partial charge in [-0.05, 0) is 44.2 Å². The molecule has 6 heteroatoms. The second kappa shape index (κ2) is 5.49. The van der Waals surface area contributed by atoms with Crippen LogP contribution in [0.1, 0.15) is 22.9 Å². The Morgan fingerprint density at radius 1 is 1.08 bits per heavy atom. The SMILES string of the molecule is Cc1cc(C)n2cc(/C=C/c3nc(-c4ccco4)cn3C)nc2n1. The highest BCUT2D eigenvalue weighted by Crippen LogP contribution is 2.19. The highest BCUT2D eigenvalue weighted by Gasteiger charge is 2.08. The number of hydrogen-bond acceptors (Lipinski definition) is 4. The highest BCUT2D eigenvalue weighted by atomic mass is 16.3. The molecule has 0 aliphatic rings. The first-order valence-electron chi connectivity index (χ1n) is 7.69. The van der Waals surface area contributed by atoms with Crippen LogP contribution in [0.2, 0.25) is 0 Å². The lowest BCUT2D eigenvalue weighted by atomic mass is 10.3. The molecule has 4 aromatic rings. The maximum absolute atomic E-state index is 5.39. The monoisotopic (exact) mass is 319 g/mol. The summed E-state index contributed by atoms with van der Waals surface area (Å²) in [6.07, 6.45) is 9.45. The molecule has 0 bridgehead atoms. The van der Waals surface area contributed by atoms with E-state index in [2.05, 4.69) is 15.0 Å². The van der Waals surface area contributed by atoms with E-state index in [0.717, 1.165) is 34.4 Å². The van der Waals surface area contributed by atoms with Gasteiger partial charge in [0.1, 0.15) is 11.5 Å². The molecule has 6 nitrogen and oxygen atoms in total. The van der Waals surface area contributed by atoms with Crippen molar-refractivity contribution >= 4 is 17.9 Å².